The molecule has 2 rings (SSSR count). The summed E-state index contributed by atoms with van der Waals surface area (Å²) >= 11 is 3.37. The van der Waals surface area contributed by atoms with E-state index < -0.39 is 0 Å². The molecular formula is C16H17BrN2O2. The van der Waals surface area contributed by atoms with Gasteiger partial charge in [0.2, 0.25) is 0 Å². The number of aromatic nitrogens is 1. The lowest BCUT2D eigenvalue weighted by atomic mass is 10.3. The lowest BCUT2D eigenvalue weighted by Crippen LogP contribution is -2.31. The first-order valence-corrected chi connectivity index (χ1v) is 7.48. The normalized spacial score (nSPS) is 11.7. The second-order valence-electron chi connectivity index (χ2n) is 4.79. The van der Waals surface area contributed by atoms with E-state index in [2.05, 4.69) is 20.9 Å². The van der Waals surface area contributed by atoms with Gasteiger partial charge in [0.25, 0.3) is 5.91 Å². The summed E-state index contributed by atoms with van der Waals surface area (Å²) in [6, 6.07) is 13.0. The van der Waals surface area contributed by atoms with Crippen LogP contribution in [0.25, 0.3) is 0 Å². The Bertz CT molecular complexity index is 692. The first-order chi connectivity index (χ1) is 10.1. The highest BCUT2D eigenvalue weighted by molar-refractivity contribution is 9.10. The van der Waals surface area contributed by atoms with E-state index in [9.17, 15) is 4.79 Å². The number of hydrogen-bond donors (Lipinski definition) is 0. The molecule has 0 radical (unpaired) electrons. The second kappa shape index (κ2) is 7.22. The van der Waals surface area contributed by atoms with Crippen molar-refractivity contribution in [2.24, 2.45) is 4.99 Å². The molecule has 1 heterocycles. The van der Waals surface area contributed by atoms with Crippen molar-refractivity contribution in [1.29, 1.82) is 0 Å². The van der Waals surface area contributed by atoms with Crippen LogP contribution in [-0.2, 0) is 0 Å². The van der Waals surface area contributed by atoms with Crippen molar-refractivity contribution < 1.29 is 9.53 Å². The Kier molecular flexibility index (Phi) is 5.33. The smallest absolute Gasteiger partial charge is 0.270 e. The van der Waals surface area contributed by atoms with Crippen molar-refractivity contribution in [3.8, 4) is 5.75 Å². The summed E-state index contributed by atoms with van der Waals surface area (Å²) in [6.45, 7) is 3.91. The molecule has 0 aliphatic heterocycles. The Morgan fingerprint density at radius 2 is 2.10 bits per heavy atom. The van der Waals surface area contributed by atoms with E-state index in [0.29, 0.717) is 11.2 Å². The average molecular weight is 349 g/mol. The minimum atomic E-state index is -0.157. The standard InChI is InChI=1S/C16H17BrN2O2/c1-12(2)18-15-8-3-4-9-19(15)16(20)11-21-14-7-5-6-13(17)10-14/h3-10,12H,11H2,1-2H3. The number of pyridine rings is 1. The molecule has 0 unspecified atom stereocenters. The van der Waals surface area contributed by atoms with Gasteiger partial charge in [-0.15, -0.1) is 0 Å². The van der Waals surface area contributed by atoms with Crippen LogP contribution in [0, 0.1) is 0 Å². The molecule has 0 aliphatic rings. The second-order valence-corrected chi connectivity index (χ2v) is 5.71. The molecule has 110 valence electrons. The molecule has 5 heteroatoms. The van der Waals surface area contributed by atoms with Crippen molar-refractivity contribution in [3.05, 3.63) is 58.6 Å². The number of benzene rings is 1. The molecule has 0 atom stereocenters. The van der Waals surface area contributed by atoms with E-state index in [4.69, 9.17) is 4.74 Å². The summed E-state index contributed by atoms with van der Waals surface area (Å²) in [7, 11) is 0. The van der Waals surface area contributed by atoms with Gasteiger partial charge in [-0.1, -0.05) is 28.1 Å². The molecule has 0 N–H and O–H groups in total. The quantitative estimate of drug-likeness (QED) is 0.850. The predicted molar refractivity (Wildman–Crippen MR) is 85.4 cm³/mol. The summed E-state index contributed by atoms with van der Waals surface area (Å²) < 4.78 is 7.95. The monoisotopic (exact) mass is 348 g/mol. The van der Waals surface area contributed by atoms with Gasteiger partial charge >= 0.3 is 0 Å². The van der Waals surface area contributed by atoms with Crippen molar-refractivity contribution in [2.75, 3.05) is 6.61 Å². The summed E-state index contributed by atoms with van der Waals surface area (Å²) in [4.78, 5) is 16.7. The Balaban J connectivity index is 2.14. The maximum absolute atomic E-state index is 12.3. The van der Waals surface area contributed by atoms with E-state index in [1.807, 2.05) is 50.2 Å². The lowest BCUT2D eigenvalue weighted by Gasteiger charge is -2.09. The van der Waals surface area contributed by atoms with E-state index in [1.165, 1.54) is 4.57 Å². The third-order valence-corrected chi connectivity index (χ3v) is 3.15. The van der Waals surface area contributed by atoms with Crippen LogP contribution >= 0.6 is 15.9 Å². The van der Waals surface area contributed by atoms with E-state index in [1.54, 1.807) is 12.3 Å². The Labute approximate surface area is 132 Å². The van der Waals surface area contributed by atoms with Crippen LogP contribution in [0.2, 0.25) is 0 Å². The lowest BCUT2D eigenvalue weighted by molar-refractivity contribution is 0.0831. The third kappa shape index (κ3) is 4.56. The third-order valence-electron chi connectivity index (χ3n) is 2.66. The van der Waals surface area contributed by atoms with Gasteiger partial charge in [0.15, 0.2) is 6.61 Å². The van der Waals surface area contributed by atoms with Crippen molar-refractivity contribution in [1.82, 2.24) is 4.57 Å². The molecule has 1 aromatic carbocycles. The van der Waals surface area contributed by atoms with Crippen LogP contribution < -0.4 is 10.2 Å². The van der Waals surface area contributed by atoms with Gasteiger partial charge in [-0.2, -0.15) is 0 Å². The molecule has 2 aromatic rings. The number of ether oxygens (including phenoxy) is 1. The van der Waals surface area contributed by atoms with Crippen LogP contribution in [0.15, 0.2) is 58.1 Å². The highest BCUT2D eigenvalue weighted by Crippen LogP contribution is 2.17. The Morgan fingerprint density at radius 3 is 2.81 bits per heavy atom. The molecule has 0 saturated carbocycles. The van der Waals surface area contributed by atoms with E-state index in [-0.39, 0.29) is 18.6 Å². The zero-order chi connectivity index (χ0) is 15.2. The summed E-state index contributed by atoms with van der Waals surface area (Å²) in [6.07, 6.45) is 1.70. The molecule has 0 fully saturated rings. The number of halogens is 1. The van der Waals surface area contributed by atoms with Gasteiger partial charge in [-0.25, -0.2) is 0 Å². The van der Waals surface area contributed by atoms with Gasteiger partial charge in [-0.05, 0) is 44.2 Å². The first kappa shape index (κ1) is 15.5. The van der Waals surface area contributed by atoms with Crippen LogP contribution in [0.1, 0.15) is 18.6 Å². The average Bonchev–Trinajstić information content (AvgIpc) is 2.45. The van der Waals surface area contributed by atoms with Crippen molar-refractivity contribution in [2.45, 2.75) is 19.9 Å². The van der Waals surface area contributed by atoms with Crippen LogP contribution in [0.4, 0.5) is 0 Å². The number of nitrogens with zero attached hydrogens (tertiary/aromatic N) is 2. The minimum Gasteiger partial charge on any atom is -0.484 e. The van der Waals surface area contributed by atoms with Gasteiger partial charge in [0, 0.05) is 16.7 Å². The van der Waals surface area contributed by atoms with Gasteiger partial charge < -0.3 is 4.74 Å². The highest BCUT2D eigenvalue weighted by Gasteiger charge is 2.07. The topological polar surface area (TPSA) is 43.6 Å². The zero-order valence-electron chi connectivity index (χ0n) is 12.0. The number of carbonyl (C=O) groups excluding carboxylic acids is 1. The maximum Gasteiger partial charge on any atom is 0.270 e. The fourth-order valence-corrected chi connectivity index (χ4v) is 2.16. The number of rotatable bonds is 4. The van der Waals surface area contributed by atoms with Gasteiger partial charge in [0.1, 0.15) is 11.2 Å². The maximum atomic E-state index is 12.3. The zero-order valence-corrected chi connectivity index (χ0v) is 13.6. The van der Waals surface area contributed by atoms with Gasteiger partial charge in [0.05, 0.1) is 0 Å². The summed E-state index contributed by atoms with van der Waals surface area (Å²) in [5.74, 6) is 0.492. The van der Waals surface area contributed by atoms with Gasteiger partial charge in [-0.3, -0.25) is 14.4 Å². The molecule has 1 aromatic heterocycles. The van der Waals surface area contributed by atoms with Crippen LogP contribution in [-0.4, -0.2) is 23.1 Å². The molecule has 0 aliphatic carbocycles. The van der Waals surface area contributed by atoms with E-state index >= 15 is 0 Å². The Hall–Kier alpha value is -1.88. The molecule has 0 saturated heterocycles. The number of carbonyl (C=O) groups is 1. The molecule has 21 heavy (non-hydrogen) atoms. The van der Waals surface area contributed by atoms with Crippen molar-refractivity contribution in [3.63, 3.8) is 0 Å². The number of hydrogen-bond acceptors (Lipinski definition) is 3. The minimum absolute atomic E-state index is 0.0360. The van der Waals surface area contributed by atoms with E-state index in [0.717, 1.165) is 4.47 Å². The molecule has 0 bridgehead atoms. The largest absolute Gasteiger partial charge is 0.484 e. The Morgan fingerprint density at radius 1 is 1.29 bits per heavy atom. The fourth-order valence-electron chi connectivity index (χ4n) is 1.79. The molecular weight excluding hydrogens is 332 g/mol. The molecule has 0 spiro atoms. The van der Waals surface area contributed by atoms with Crippen LogP contribution in [0.3, 0.4) is 0 Å². The SMILES string of the molecule is CC(C)N=c1ccccn1C(=O)COc1cccc(Br)c1. The molecule has 4 nitrogen and oxygen atoms in total. The predicted octanol–water partition coefficient (Wildman–Crippen LogP) is 3.28. The highest BCUT2D eigenvalue weighted by atomic mass is 79.9. The summed E-state index contributed by atoms with van der Waals surface area (Å²) in [5.41, 5.74) is 0.635. The molecule has 0 amide bonds. The van der Waals surface area contributed by atoms with Crippen LogP contribution in [0.5, 0.6) is 5.75 Å². The van der Waals surface area contributed by atoms with Crippen molar-refractivity contribution >= 4 is 21.8 Å². The fraction of sp³-hybridized carbons (Fsp3) is 0.250. The first-order valence-electron chi connectivity index (χ1n) is 6.69. The summed E-state index contributed by atoms with van der Waals surface area (Å²) in [5, 5.41) is 0.